The van der Waals surface area contributed by atoms with E-state index in [-0.39, 0.29) is 29.8 Å². The van der Waals surface area contributed by atoms with Gasteiger partial charge in [-0.15, -0.1) is 0 Å². The zero-order valence-corrected chi connectivity index (χ0v) is 13.4. The monoisotopic (exact) mass is 319 g/mol. The second kappa shape index (κ2) is 6.85. The first kappa shape index (κ1) is 17.4. The first-order chi connectivity index (χ1) is 9.69. The minimum Gasteiger partial charge on any atom is -0.363 e. The number of hydrogen-bond acceptors (Lipinski definition) is 6. The standard InChI is InChI=1S/C11H21N5O4S/c1-5-13-21(19,20)7-6-12-11-10(16(17)18)9(4)14-15(11)8(2)3/h8,12-13H,5-7H2,1-4H3. The molecule has 0 bridgehead atoms. The van der Waals surface area contributed by atoms with Crippen LogP contribution in [0.3, 0.4) is 0 Å². The van der Waals surface area contributed by atoms with Crippen molar-refractivity contribution in [2.75, 3.05) is 24.2 Å². The third kappa shape index (κ3) is 4.39. The summed E-state index contributed by atoms with van der Waals surface area (Å²) in [4.78, 5) is 10.6. The molecule has 1 aromatic rings. The molecule has 21 heavy (non-hydrogen) atoms. The highest BCUT2D eigenvalue weighted by Crippen LogP contribution is 2.30. The number of nitrogens with one attached hydrogen (secondary N) is 2. The van der Waals surface area contributed by atoms with Gasteiger partial charge in [-0.25, -0.2) is 17.8 Å². The quantitative estimate of drug-likeness (QED) is 0.545. The maximum absolute atomic E-state index is 11.6. The van der Waals surface area contributed by atoms with Crippen molar-refractivity contribution in [2.24, 2.45) is 0 Å². The SMILES string of the molecule is CCNS(=O)(=O)CCNc1c([N+](=O)[O-])c(C)nn1C(C)C. The minimum atomic E-state index is -3.37. The maximum atomic E-state index is 11.6. The molecule has 0 atom stereocenters. The number of aromatic nitrogens is 2. The fourth-order valence-electron chi connectivity index (χ4n) is 1.89. The van der Waals surface area contributed by atoms with Gasteiger partial charge in [0.2, 0.25) is 15.8 Å². The largest absolute Gasteiger partial charge is 0.363 e. The molecule has 1 heterocycles. The third-order valence-electron chi connectivity index (χ3n) is 2.75. The molecule has 0 aliphatic rings. The smallest absolute Gasteiger partial charge is 0.333 e. The van der Waals surface area contributed by atoms with Crippen LogP contribution in [0, 0.1) is 17.0 Å². The number of sulfonamides is 1. The molecular weight excluding hydrogens is 298 g/mol. The highest BCUT2D eigenvalue weighted by atomic mass is 32.2. The lowest BCUT2D eigenvalue weighted by atomic mass is 10.3. The van der Waals surface area contributed by atoms with E-state index in [4.69, 9.17) is 0 Å². The van der Waals surface area contributed by atoms with Gasteiger partial charge in [-0.05, 0) is 20.8 Å². The first-order valence-corrected chi connectivity index (χ1v) is 8.29. The van der Waals surface area contributed by atoms with Crippen molar-refractivity contribution >= 4 is 21.5 Å². The molecule has 0 radical (unpaired) electrons. The van der Waals surface area contributed by atoms with Crippen molar-refractivity contribution in [1.82, 2.24) is 14.5 Å². The highest BCUT2D eigenvalue weighted by Gasteiger charge is 2.26. The molecule has 120 valence electrons. The second-order valence-corrected chi connectivity index (χ2v) is 6.75. The number of hydrogen-bond donors (Lipinski definition) is 2. The summed E-state index contributed by atoms with van der Waals surface area (Å²) in [6.45, 7) is 7.30. The van der Waals surface area contributed by atoms with Crippen LogP contribution in [0.15, 0.2) is 0 Å². The molecule has 1 aromatic heterocycles. The molecule has 9 nitrogen and oxygen atoms in total. The van der Waals surface area contributed by atoms with Gasteiger partial charge in [-0.1, -0.05) is 6.92 Å². The minimum absolute atomic E-state index is 0.0635. The average molecular weight is 319 g/mol. The zero-order chi connectivity index (χ0) is 16.2. The van der Waals surface area contributed by atoms with Gasteiger partial charge in [0.05, 0.1) is 10.7 Å². The molecule has 1 rings (SSSR count). The summed E-state index contributed by atoms with van der Waals surface area (Å²) in [6, 6.07) is -0.0785. The van der Waals surface area contributed by atoms with Crippen LogP contribution in [0.4, 0.5) is 11.5 Å². The Morgan fingerprint density at radius 2 is 2.05 bits per heavy atom. The van der Waals surface area contributed by atoms with Gasteiger partial charge < -0.3 is 5.32 Å². The molecule has 2 N–H and O–H groups in total. The molecule has 10 heteroatoms. The van der Waals surface area contributed by atoms with Crippen LogP contribution in [0.1, 0.15) is 32.5 Å². The molecule has 0 spiro atoms. The van der Waals surface area contributed by atoms with E-state index in [1.165, 1.54) is 4.68 Å². The van der Waals surface area contributed by atoms with E-state index >= 15 is 0 Å². The lowest BCUT2D eigenvalue weighted by Crippen LogP contribution is -2.29. The van der Waals surface area contributed by atoms with Crippen LogP contribution in [0.25, 0.3) is 0 Å². The number of anilines is 1. The molecule has 0 aliphatic carbocycles. The Bertz CT molecular complexity index is 608. The first-order valence-electron chi connectivity index (χ1n) is 6.64. The topological polar surface area (TPSA) is 119 Å². The summed E-state index contributed by atoms with van der Waals surface area (Å²) in [6.07, 6.45) is 0. The van der Waals surface area contributed by atoms with E-state index in [0.717, 1.165) is 0 Å². The van der Waals surface area contributed by atoms with Gasteiger partial charge in [0.1, 0.15) is 5.69 Å². The Morgan fingerprint density at radius 3 is 2.52 bits per heavy atom. The van der Waals surface area contributed by atoms with Crippen LogP contribution in [0.5, 0.6) is 0 Å². The molecule has 0 unspecified atom stereocenters. The van der Waals surface area contributed by atoms with Crippen molar-refractivity contribution in [3.8, 4) is 0 Å². The van der Waals surface area contributed by atoms with Crippen LogP contribution in [-0.2, 0) is 10.0 Å². The lowest BCUT2D eigenvalue weighted by Gasteiger charge is -2.12. The molecule has 0 saturated heterocycles. The van der Waals surface area contributed by atoms with Crippen molar-refractivity contribution in [3.05, 3.63) is 15.8 Å². The van der Waals surface area contributed by atoms with E-state index in [1.54, 1.807) is 13.8 Å². The van der Waals surface area contributed by atoms with Gasteiger partial charge in [-0.3, -0.25) is 10.1 Å². The summed E-state index contributed by atoms with van der Waals surface area (Å²) < 4.78 is 27.0. The van der Waals surface area contributed by atoms with Gasteiger partial charge in [0.25, 0.3) is 0 Å². The van der Waals surface area contributed by atoms with Crippen molar-refractivity contribution in [2.45, 2.75) is 33.7 Å². The lowest BCUT2D eigenvalue weighted by molar-refractivity contribution is -0.384. The Kier molecular flexibility index (Phi) is 5.67. The van der Waals surface area contributed by atoms with Crippen molar-refractivity contribution in [3.63, 3.8) is 0 Å². The fraction of sp³-hybridized carbons (Fsp3) is 0.727. The van der Waals surface area contributed by atoms with Gasteiger partial charge in [-0.2, -0.15) is 5.10 Å². The van der Waals surface area contributed by atoms with E-state index in [0.29, 0.717) is 12.2 Å². The Labute approximate surface area is 123 Å². The van der Waals surface area contributed by atoms with Gasteiger partial charge >= 0.3 is 5.69 Å². The summed E-state index contributed by atoms with van der Waals surface area (Å²) in [7, 11) is -3.37. The van der Waals surface area contributed by atoms with Crippen LogP contribution < -0.4 is 10.0 Å². The predicted octanol–water partition coefficient (Wildman–Crippen LogP) is 1.03. The molecule has 0 amide bonds. The van der Waals surface area contributed by atoms with E-state index in [9.17, 15) is 18.5 Å². The van der Waals surface area contributed by atoms with Crippen molar-refractivity contribution < 1.29 is 13.3 Å². The molecule has 0 saturated carbocycles. The fourth-order valence-corrected chi connectivity index (χ4v) is 2.85. The second-order valence-electron chi connectivity index (χ2n) is 4.82. The average Bonchev–Trinajstić information content (AvgIpc) is 2.66. The molecular formula is C11H21N5O4S. The maximum Gasteiger partial charge on any atom is 0.333 e. The van der Waals surface area contributed by atoms with E-state index < -0.39 is 14.9 Å². The highest BCUT2D eigenvalue weighted by molar-refractivity contribution is 7.89. The van der Waals surface area contributed by atoms with E-state index in [2.05, 4.69) is 15.1 Å². The zero-order valence-electron chi connectivity index (χ0n) is 12.6. The summed E-state index contributed by atoms with van der Waals surface area (Å²) in [5.41, 5.74) is 0.176. The predicted molar refractivity (Wildman–Crippen MR) is 80.0 cm³/mol. The number of rotatable bonds is 8. The third-order valence-corrected chi connectivity index (χ3v) is 4.22. The summed E-state index contributed by atoms with van der Waals surface area (Å²) in [5, 5.41) is 18.1. The molecule has 0 fully saturated rings. The summed E-state index contributed by atoms with van der Waals surface area (Å²) in [5.74, 6) is 0.0690. The molecule has 0 aromatic carbocycles. The summed E-state index contributed by atoms with van der Waals surface area (Å²) >= 11 is 0. The van der Waals surface area contributed by atoms with Crippen molar-refractivity contribution in [1.29, 1.82) is 0 Å². The van der Waals surface area contributed by atoms with Crippen LogP contribution >= 0.6 is 0 Å². The Balaban J connectivity index is 2.94. The van der Waals surface area contributed by atoms with Crippen LogP contribution in [-0.4, -0.2) is 42.0 Å². The van der Waals surface area contributed by atoms with Gasteiger partial charge in [0.15, 0.2) is 0 Å². The van der Waals surface area contributed by atoms with Crippen LogP contribution in [0.2, 0.25) is 0 Å². The normalized spacial score (nSPS) is 11.9. The number of nitro groups is 1. The number of nitrogens with zero attached hydrogens (tertiary/aromatic N) is 3. The van der Waals surface area contributed by atoms with E-state index in [1.807, 2.05) is 13.8 Å². The Hall–Kier alpha value is -1.68. The van der Waals surface area contributed by atoms with Gasteiger partial charge in [0, 0.05) is 19.1 Å². The molecule has 0 aliphatic heterocycles. The Morgan fingerprint density at radius 1 is 1.43 bits per heavy atom. The number of aryl methyl sites for hydroxylation is 1.